The minimum Gasteiger partial charge on any atom is -0.462 e. The van der Waals surface area contributed by atoms with Crippen LogP contribution in [0.15, 0.2) is 24.3 Å². The molecule has 0 bridgehead atoms. The molecule has 19 heavy (non-hydrogen) atoms. The van der Waals surface area contributed by atoms with Crippen LogP contribution in [0, 0.1) is 5.82 Å². The van der Waals surface area contributed by atoms with Crippen LogP contribution >= 0.6 is 0 Å². The van der Waals surface area contributed by atoms with E-state index in [9.17, 15) is 14.0 Å². The monoisotopic (exact) mass is 265 g/mol. The highest BCUT2D eigenvalue weighted by Gasteiger charge is 2.41. The number of nitrogens with zero attached hydrogens (tertiary/aromatic N) is 1. The second-order valence-electron chi connectivity index (χ2n) is 5.04. The van der Waals surface area contributed by atoms with E-state index in [1.165, 1.54) is 17.0 Å². The van der Waals surface area contributed by atoms with Gasteiger partial charge in [-0.3, -0.25) is 4.79 Å². The van der Waals surface area contributed by atoms with Crippen LogP contribution in [-0.4, -0.2) is 35.5 Å². The summed E-state index contributed by atoms with van der Waals surface area (Å²) in [6.45, 7) is 3.93. The molecular weight excluding hydrogens is 249 g/mol. The summed E-state index contributed by atoms with van der Waals surface area (Å²) in [5, 5.41) is 0. The normalized spacial score (nSPS) is 18.1. The predicted molar refractivity (Wildman–Crippen MR) is 66.9 cm³/mol. The molecule has 0 atom stereocenters. The van der Waals surface area contributed by atoms with Crippen molar-refractivity contribution in [2.24, 2.45) is 0 Å². The van der Waals surface area contributed by atoms with Crippen LogP contribution in [0.2, 0.25) is 0 Å². The second kappa shape index (κ2) is 4.99. The molecule has 1 aliphatic heterocycles. The van der Waals surface area contributed by atoms with E-state index < -0.39 is 11.5 Å². The Kier molecular flexibility index (Phi) is 3.55. The van der Waals surface area contributed by atoms with E-state index in [1.807, 2.05) is 0 Å². The third kappa shape index (κ3) is 2.75. The lowest BCUT2D eigenvalue weighted by molar-refractivity contribution is -0.171. The molecule has 0 spiro atoms. The van der Waals surface area contributed by atoms with Gasteiger partial charge in [-0.2, -0.15) is 0 Å². The molecule has 0 saturated carbocycles. The van der Waals surface area contributed by atoms with Crippen LogP contribution in [-0.2, 0) is 20.7 Å². The number of halogens is 1. The fourth-order valence-electron chi connectivity index (χ4n) is 2.10. The number of ether oxygens (including phenoxy) is 1. The van der Waals surface area contributed by atoms with Gasteiger partial charge in [0.1, 0.15) is 18.0 Å². The zero-order valence-corrected chi connectivity index (χ0v) is 11.0. The molecule has 1 aromatic rings. The van der Waals surface area contributed by atoms with Crippen molar-refractivity contribution in [2.75, 3.05) is 13.2 Å². The lowest BCUT2D eigenvalue weighted by atomic mass is 10.00. The number of rotatable bonds is 2. The van der Waals surface area contributed by atoms with Gasteiger partial charge in [-0.1, -0.05) is 12.1 Å². The van der Waals surface area contributed by atoms with Gasteiger partial charge in [0, 0.05) is 0 Å². The molecule has 1 amide bonds. The lowest BCUT2D eigenvalue weighted by Gasteiger charge is -2.40. The number of carbonyl (C=O) groups is 2. The van der Waals surface area contributed by atoms with Gasteiger partial charge in [0.05, 0.1) is 13.0 Å². The van der Waals surface area contributed by atoms with Crippen LogP contribution in [0.5, 0.6) is 0 Å². The molecule has 0 aliphatic carbocycles. The summed E-state index contributed by atoms with van der Waals surface area (Å²) >= 11 is 0. The number of morpholine rings is 1. The fourth-order valence-corrected chi connectivity index (χ4v) is 2.10. The van der Waals surface area contributed by atoms with Crippen molar-refractivity contribution >= 4 is 11.9 Å². The number of hydrogen-bond donors (Lipinski definition) is 0. The zero-order valence-electron chi connectivity index (χ0n) is 11.0. The largest absolute Gasteiger partial charge is 0.462 e. The third-order valence-electron chi connectivity index (χ3n) is 3.29. The Labute approximate surface area is 111 Å². The molecule has 1 fully saturated rings. The van der Waals surface area contributed by atoms with Crippen LogP contribution < -0.4 is 0 Å². The molecule has 0 aromatic heterocycles. The van der Waals surface area contributed by atoms with Gasteiger partial charge in [-0.15, -0.1) is 0 Å². The first-order valence-corrected chi connectivity index (χ1v) is 6.13. The van der Waals surface area contributed by atoms with Crippen LogP contribution in [0.4, 0.5) is 4.39 Å². The Hall–Kier alpha value is -1.91. The number of amides is 1. The molecule has 102 valence electrons. The summed E-state index contributed by atoms with van der Waals surface area (Å²) in [4.78, 5) is 25.4. The van der Waals surface area contributed by atoms with Gasteiger partial charge in [0.15, 0.2) is 0 Å². The minimum absolute atomic E-state index is 0.150. The van der Waals surface area contributed by atoms with Crippen molar-refractivity contribution in [3.63, 3.8) is 0 Å². The summed E-state index contributed by atoms with van der Waals surface area (Å²) in [5.41, 5.74) is -0.226. The molecule has 5 heteroatoms. The zero-order chi connectivity index (χ0) is 14.0. The quantitative estimate of drug-likeness (QED) is 0.762. The van der Waals surface area contributed by atoms with E-state index in [1.54, 1.807) is 26.0 Å². The van der Waals surface area contributed by atoms with Gasteiger partial charge >= 0.3 is 5.97 Å². The number of cyclic esters (lactones) is 1. The van der Waals surface area contributed by atoms with Crippen LogP contribution in [0.25, 0.3) is 0 Å². The molecular formula is C14H16FNO3. The van der Waals surface area contributed by atoms with Crippen molar-refractivity contribution in [2.45, 2.75) is 25.8 Å². The van der Waals surface area contributed by atoms with Crippen molar-refractivity contribution in [1.82, 2.24) is 4.90 Å². The van der Waals surface area contributed by atoms with Gasteiger partial charge in [-0.25, -0.2) is 9.18 Å². The first-order chi connectivity index (χ1) is 8.91. The van der Waals surface area contributed by atoms with E-state index in [0.717, 1.165) is 5.56 Å². The Balaban J connectivity index is 2.11. The van der Waals surface area contributed by atoms with E-state index in [2.05, 4.69) is 0 Å². The molecule has 1 saturated heterocycles. The van der Waals surface area contributed by atoms with Crippen molar-refractivity contribution in [3.05, 3.63) is 35.6 Å². The number of carbonyl (C=O) groups excluding carboxylic acids is 2. The molecule has 4 nitrogen and oxygen atoms in total. The Morgan fingerprint density at radius 1 is 1.37 bits per heavy atom. The third-order valence-corrected chi connectivity index (χ3v) is 3.29. The summed E-state index contributed by atoms with van der Waals surface area (Å²) in [5.74, 6) is -0.891. The molecule has 1 aliphatic rings. The Bertz CT molecular complexity index is 496. The van der Waals surface area contributed by atoms with Crippen LogP contribution in [0.3, 0.4) is 0 Å². The van der Waals surface area contributed by atoms with Gasteiger partial charge in [0.25, 0.3) is 0 Å². The highest BCUT2D eigenvalue weighted by molar-refractivity contribution is 5.89. The maximum atomic E-state index is 12.8. The van der Waals surface area contributed by atoms with Crippen molar-refractivity contribution in [3.8, 4) is 0 Å². The summed E-state index contributed by atoms with van der Waals surface area (Å²) in [7, 11) is 0. The highest BCUT2D eigenvalue weighted by atomic mass is 19.1. The average Bonchev–Trinajstić information content (AvgIpc) is 2.35. The number of hydrogen-bond acceptors (Lipinski definition) is 3. The molecule has 1 heterocycles. The van der Waals surface area contributed by atoms with E-state index in [-0.39, 0.29) is 24.8 Å². The first kappa shape index (κ1) is 13.5. The van der Waals surface area contributed by atoms with E-state index in [0.29, 0.717) is 6.54 Å². The molecule has 0 N–H and O–H groups in total. The van der Waals surface area contributed by atoms with Gasteiger partial charge < -0.3 is 9.64 Å². The standard InChI is InChI=1S/C14H16FNO3/c1-14(2)13(18)19-8-7-16(14)12(17)9-10-3-5-11(15)6-4-10/h3-6H,7-9H2,1-2H3. The molecule has 0 radical (unpaired) electrons. The summed E-state index contributed by atoms with van der Waals surface area (Å²) in [6, 6.07) is 5.78. The smallest absolute Gasteiger partial charge is 0.331 e. The first-order valence-electron chi connectivity index (χ1n) is 6.13. The number of benzene rings is 1. The highest BCUT2D eigenvalue weighted by Crippen LogP contribution is 2.21. The lowest BCUT2D eigenvalue weighted by Crippen LogP contribution is -2.58. The fraction of sp³-hybridized carbons (Fsp3) is 0.429. The van der Waals surface area contributed by atoms with Gasteiger partial charge in [-0.05, 0) is 31.5 Å². The van der Waals surface area contributed by atoms with E-state index >= 15 is 0 Å². The average molecular weight is 265 g/mol. The molecule has 2 rings (SSSR count). The number of esters is 1. The Morgan fingerprint density at radius 2 is 2.00 bits per heavy atom. The summed E-state index contributed by atoms with van der Waals surface area (Å²) in [6.07, 6.45) is 0.150. The SMILES string of the molecule is CC1(C)C(=O)OCCN1C(=O)Cc1ccc(F)cc1. The van der Waals surface area contributed by atoms with Crippen LogP contribution in [0.1, 0.15) is 19.4 Å². The van der Waals surface area contributed by atoms with Crippen molar-refractivity contribution < 1.29 is 18.7 Å². The topological polar surface area (TPSA) is 46.6 Å². The maximum Gasteiger partial charge on any atom is 0.331 e. The maximum absolute atomic E-state index is 12.8. The molecule has 1 aromatic carbocycles. The van der Waals surface area contributed by atoms with E-state index in [4.69, 9.17) is 4.74 Å². The second-order valence-corrected chi connectivity index (χ2v) is 5.04. The Morgan fingerprint density at radius 3 is 2.63 bits per heavy atom. The summed E-state index contributed by atoms with van der Waals surface area (Å²) < 4.78 is 17.8. The van der Waals surface area contributed by atoms with Gasteiger partial charge in [0.2, 0.25) is 5.91 Å². The minimum atomic E-state index is -0.949. The predicted octanol–water partition coefficient (Wildman–Crippen LogP) is 1.53. The molecule has 0 unspecified atom stereocenters. The van der Waals surface area contributed by atoms with Crippen molar-refractivity contribution in [1.29, 1.82) is 0 Å².